The predicted molar refractivity (Wildman–Crippen MR) is 108 cm³/mol. The van der Waals surface area contributed by atoms with Crippen LogP contribution in [0.25, 0.3) is 16.7 Å². The lowest BCUT2D eigenvalue weighted by molar-refractivity contribution is 0.466. The Balaban J connectivity index is 1.80. The molecule has 5 heteroatoms. The van der Waals surface area contributed by atoms with E-state index < -0.39 is 0 Å². The molecule has 0 aliphatic rings. The second-order valence-electron chi connectivity index (χ2n) is 6.70. The number of aryl methyl sites for hydroxylation is 3. The van der Waals surface area contributed by atoms with Crippen molar-refractivity contribution in [3.63, 3.8) is 0 Å². The fraction of sp³-hybridized carbons (Fsp3) is 0.136. The number of para-hydroxylation sites is 1. The van der Waals surface area contributed by atoms with Gasteiger partial charge in [-0.05, 0) is 61.7 Å². The number of fused-ring (bicyclic) bond motifs is 1. The first kappa shape index (κ1) is 17.0. The first-order valence-corrected chi connectivity index (χ1v) is 8.79. The molecule has 0 radical (unpaired) electrons. The Hall–Kier alpha value is -3.47. The molecule has 0 fully saturated rings. The van der Waals surface area contributed by atoms with Gasteiger partial charge in [-0.1, -0.05) is 30.3 Å². The number of hydrogen-bond acceptors (Lipinski definition) is 4. The van der Waals surface area contributed by atoms with E-state index in [0.717, 1.165) is 33.4 Å². The molecular formula is C22H20N4O. The number of aliphatic imine (C=N–C) groups is 1. The molecule has 0 saturated heterocycles. The molecule has 0 amide bonds. The highest BCUT2D eigenvalue weighted by molar-refractivity contribution is 5.88. The Morgan fingerprint density at radius 1 is 0.889 bits per heavy atom. The van der Waals surface area contributed by atoms with Gasteiger partial charge in [-0.15, -0.1) is 15.0 Å². The van der Waals surface area contributed by atoms with Crippen LogP contribution < -0.4 is 0 Å². The van der Waals surface area contributed by atoms with E-state index in [1.165, 1.54) is 4.80 Å². The summed E-state index contributed by atoms with van der Waals surface area (Å²) in [5, 5.41) is 19.8. The van der Waals surface area contributed by atoms with Crippen LogP contribution in [0.2, 0.25) is 0 Å². The van der Waals surface area contributed by atoms with E-state index in [4.69, 9.17) is 0 Å². The highest BCUT2D eigenvalue weighted by Gasteiger charge is 2.13. The van der Waals surface area contributed by atoms with E-state index in [9.17, 15) is 5.11 Å². The lowest BCUT2D eigenvalue weighted by Gasteiger charge is -2.09. The lowest BCUT2D eigenvalue weighted by Crippen LogP contribution is -2.01. The number of nitrogens with zero attached hydrogens (tertiary/aromatic N) is 4. The van der Waals surface area contributed by atoms with Gasteiger partial charge < -0.3 is 5.11 Å². The zero-order valence-electron chi connectivity index (χ0n) is 15.5. The van der Waals surface area contributed by atoms with Gasteiger partial charge in [0.2, 0.25) is 0 Å². The molecule has 0 saturated carbocycles. The first-order valence-electron chi connectivity index (χ1n) is 8.79. The van der Waals surface area contributed by atoms with Crippen molar-refractivity contribution in [2.45, 2.75) is 20.8 Å². The monoisotopic (exact) mass is 356 g/mol. The Bertz CT molecular complexity index is 1120. The zero-order valence-corrected chi connectivity index (χ0v) is 15.5. The predicted octanol–water partition coefficient (Wildman–Crippen LogP) is 4.80. The second-order valence-corrected chi connectivity index (χ2v) is 6.70. The van der Waals surface area contributed by atoms with Crippen molar-refractivity contribution >= 4 is 22.9 Å². The van der Waals surface area contributed by atoms with Crippen molar-refractivity contribution in [2.24, 2.45) is 4.99 Å². The van der Waals surface area contributed by atoms with Crippen molar-refractivity contribution in [1.82, 2.24) is 15.0 Å². The summed E-state index contributed by atoms with van der Waals surface area (Å²) in [6, 6.07) is 17.5. The molecule has 27 heavy (non-hydrogen) atoms. The molecule has 0 aliphatic heterocycles. The number of aromatic hydroxyl groups is 1. The average Bonchev–Trinajstić information content (AvgIpc) is 3.07. The van der Waals surface area contributed by atoms with E-state index in [-0.39, 0.29) is 5.75 Å². The van der Waals surface area contributed by atoms with Crippen LogP contribution in [0.4, 0.5) is 5.69 Å². The van der Waals surface area contributed by atoms with Crippen LogP contribution in [0, 0.1) is 20.8 Å². The number of aromatic nitrogens is 3. The van der Waals surface area contributed by atoms with Gasteiger partial charge in [-0.2, -0.15) is 0 Å². The maximum Gasteiger partial charge on any atom is 0.151 e. The van der Waals surface area contributed by atoms with Crippen molar-refractivity contribution < 1.29 is 5.11 Å². The summed E-state index contributed by atoms with van der Waals surface area (Å²) < 4.78 is 0. The molecule has 0 unspecified atom stereocenters. The zero-order chi connectivity index (χ0) is 19.0. The Kier molecular flexibility index (Phi) is 4.20. The topological polar surface area (TPSA) is 63.3 Å². The molecule has 4 rings (SSSR count). The molecule has 3 aromatic carbocycles. The van der Waals surface area contributed by atoms with Gasteiger partial charge in [0, 0.05) is 11.8 Å². The van der Waals surface area contributed by atoms with Crippen LogP contribution in [-0.2, 0) is 0 Å². The van der Waals surface area contributed by atoms with Crippen LogP contribution in [0.3, 0.4) is 0 Å². The molecular weight excluding hydrogens is 336 g/mol. The molecule has 0 spiro atoms. The van der Waals surface area contributed by atoms with E-state index in [1.807, 2.05) is 75.4 Å². The minimum absolute atomic E-state index is 0.107. The summed E-state index contributed by atoms with van der Waals surface area (Å²) in [5.41, 5.74) is 6.84. The summed E-state index contributed by atoms with van der Waals surface area (Å²) in [6.07, 6.45) is 1.70. The molecule has 5 nitrogen and oxygen atoms in total. The standard InChI is InChI=1S/C22H20N4O/c1-14-11-17(13-23-21-15(2)7-6-8-16(21)3)22(27)20(12-14)26-24-18-9-4-5-10-19(18)25-26/h4-13,27H,1-3H3. The molecule has 0 aliphatic carbocycles. The summed E-state index contributed by atoms with van der Waals surface area (Å²) >= 11 is 0. The van der Waals surface area contributed by atoms with Crippen molar-refractivity contribution in [2.75, 3.05) is 0 Å². The van der Waals surface area contributed by atoms with Gasteiger partial charge in [0.1, 0.15) is 16.7 Å². The third-order valence-corrected chi connectivity index (χ3v) is 4.54. The fourth-order valence-electron chi connectivity index (χ4n) is 3.15. The van der Waals surface area contributed by atoms with Crippen LogP contribution >= 0.6 is 0 Å². The van der Waals surface area contributed by atoms with E-state index in [2.05, 4.69) is 15.2 Å². The lowest BCUT2D eigenvalue weighted by atomic mass is 10.1. The quantitative estimate of drug-likeness (QED) is 0.536. The molecule has 0 atom stereocenters. The van der Waals surface area contributed by atoms with Crippen molar-refractivity contribution in [3.8, 4) is 11.4 Å². The Labute approximate surface area is 157 Å². The maximum atomic E-state index is 10.8. The third kappa shape index (κ3) is 3.19. The molecule has 134 valence electrons. The molecule has 1 N–H and O–H groups in total. The largest absolute Gasteiger partial charge is 0.505 e. The van der Waals surface area contributed by atoms with E-state index >= 15 is 0 Å². The first-order chi connectivity index (χ1) is 13.0. The number of rotatable bonds is 3. The maximum absolute atomic E-state index is 10.8. The average molecular weight is 356 g/mol. The number of benzene rings is 3. The Morgan fingerprint density at radius 2 is 1.52 bits per heavy atom. The number of phenolic OH excluding ortho intramolecular Hbond substituents is 1. The van der Waals surface area contributed by atoms with Crippen LogP contribution in [0.1, 0.15) is 22.3 Å². The Morgan fingerprint density at radius 3 is 2.15 bits per heavy atom. The van der Waals surface area contributed by atoms with Gasteiger partial charge >= 0.3 is 0 Å². The number of hydrogen-bond donors (Lipinski definition) is 1. The van der Waals surface area contributed by atoms with Gasteiger partial charge in [0.15, 0.2) is 5.75 Å². The van der Waals surface area contributed by atoms with Gasteiger partial charge in [-0.3, -0.25) is 4.99 Å². The van der Waals surface area contributed by atoms with E-state index in [0.29, 0.717) is 11.3 Å². The highest BCUT2D eigenvalue weighted by Crippen LogP contribution is 2.28. The normalized spacial score (nSPS) is 11.5. The van der Waals surface area contributed by atoms with Crippen LogP contribution in [0.5, 0.6) is 5.75 Å². The highest BCUT2D eigenvalue weighted by atomic mass is 16.3. The minimum atomic E-state index is 0.107. The smallest absolute Gasteiger partial charge is 0.151 e. The van der Waals surface area contributed by atoms with Gasteiger partial charge in [0.25, 0.3) is 0 Å². The summed E-state index contributed by atoms with van der Waals surface area (Å²) in [4.78, 5) is 6.10. The molecule has 1 heterocycles. The third-order valence-electron chi connectivity index (χ3n) is 4.54. The van der Waals surface area contributed by atoms with Crippen LogP contribution in [-0.4, -0.2) is 26.3 Å². The fourth-order valence-corrected chi connectivity index (χ4v) is 3.15. The van der Waals surface area contributed by atoms with Gasteiger partial charge in [-0.25, -0.2) is 0 Å². The van der Waals surface area contributed by atoms with E-state index in [1.54, 1.807) is 6.21 Å². The minimum Gasteiger partial charge on any atom is -0.505 e. The molecule has 1 aromatic heterocycles. The SMILES string of the molecule is Cc1cc(C=Nc2c(C)cccc2C)c(O)c(-n2nc3ccccc3n2)c1. The van der Waals surface area contributed by atoms with Crippen molar-refractivity contribution in [1.29, 1.82) is 0 Å². The van der Waals surface area contributed by atoms with Gasteiger partial charge in [0.05, 0.1) is 5.69 Å². The molecule has 4 aromatic rings. The van der Waals surface area contributed by atoms with Crippen molar-refractivity contribution in [3.05, 3.63) is 76.9 Å². The second kappa shape index (κ2) is 6.68. The van der Waals surface area contributed by atoms with Crippen LogP contribution in [0.15, 0.2) is 59.6 Å². The number of phenols is 1. The molecule has 0 bridgehead atoms. The summed E-state index contributed by atoms with van der Waals surface area (Å²) in [6.45, 7) is 6.03. The summed E-state index contributed by atoms with van der Waals surface area (Å²) in [7, 11) is 0. The summed E-state index contributed by atoms with van der Waals surface area (Å²) in [5.74, 6) is 0.107.